The van der Waals surface area contributed by atoms with Gasteiger partial charge in [0.15, 0.2) is 5.82 Å². The fourth-order valence-corrected chi connectivity index (χ4v) is 3.58. The smallest absolute Gasteiger partial charge is 0.264 e. The van der Waals surface area contributed by atoms with E-state index < -0.39 is 0 Å². The molecule has 1 saturated heterocycles. The predicted octanol–water partition coefficient (Wildman–Crippen LogP) is 3.60. The standard InChI is InChI=1S/C20H25ClN4O2/c1-2-27-14-18(26)23-24-20-19(21)17(8-11-22-20)25-12-9-16(10-13-25)15-6-4-3-5-7-15/h3-8,11,16H,2,9-10,12-14H2,1H3,(H,22,24)(H,23,26). The third kappa shape index (κ3) is 5.11. The zero-order valence-electron chi connectivity index (χ0n) is 15.5. The van der Waals surface area contributed by atoms with E-state index in [0.717, 1.165) is 31.6 Å². The third-order valence-electron chi connectivity index (χ3n) is 4.73. The lowest BCUT2D eigenvalue weighted by molar-refractivity contribution is -0.125. The van der Waals surface area contributed by atoms with Crippen LogP contribution in [-0.2, 0) is 9.53 Å². The number of benzene rings is 1. The van der Waals surface area contributed by atoms with E-state index in [-0.39, 0.29) is 12.5 Å². The molecule has 2 N–H and O–H groups in total. The Morgan fingerprint density at radius 2 is 2.00 bits per heavy atom. The van der Waals surface area contributed by atoms with Gasteiger partial charge >= 0.3 is 0 Å². The molecule has 1 aliphatic heterocycles. The maximum absolute atomic E-state index is 11.7. The topological polar surface area (TPSA) is 66.5 Å². The van der Waals surface area contributed by atoms with Crippen LogP contribution in [0.15, 0.2) is 42.6 Å². The lowest BCUT2D eigenvalue weighted by atomic mass is 9.89. The Labute approximate surface area is 164 Å². The minimum absolute atomic E-state index is 0.00614. The molecule has 1 fully saturated rings. The van der Waals surface area contributed by atoms with E-state index in [0.29, 0.717) is 23.4 Å². The first-order chi connectivity index (χ1) is 13.2. The van der Waals surface area contributed by atoms with Crippen LogP contribution in [0.4, 0.5) is 11.5 Å². The second kappa shape index (κ2) is 9.58. The van der Waals surface area contributed by atoms with Crippen LogP contribution in [0.5, 0.6) is 0 Å². The van der Waals surface area contributed by atoms with Crippen molar-refractivity contribution in [2.75, 3.05) is 36.6 Å². The molecule has 27 heavy (non-hydrogen) atoms. The first-order valence-electron chi connectivity index (χ1n) is 9.26. The molecule has 7 heteroatoms. The number of hydrogen-bond donors (Lipinski definition) is 2. The van der Waals surface area contributed by atoms with Gasteiger partial charge < -0.3 is 9.64 Å². The molecule has 2 aromatic rings. The summed E-state index contributed by atoms with van der Waals surface area (Å²) in [5.41, 5.74) is 7.67. The Kier molecular flexibility index (Phi) is 6.90. The highest BCUT2D eigenvalue weighted by Crippen LogP contribution is 2.35. The first-order valence-corrected chi connectivity index (χ1v) is 9.63. The highest BCUT2D eigenvalue weighted by molar-refractivity contribution is 6.35. The minimum atomic E-state index is -0.274. The second-order valence-electron chi connectivity index (χ2n) is 6.47. The predicted molar refractivity (Wildman–Crippen MR) is 108 cm³/mol. The number of piperidine rings is 1. The number of halogens is 1. The van der Waals surface area contributed by atoms with E-state index in [4.69, 9.17) is 16.3 Å². The van der Waals surface area contributed by atoms with Gasteiger partial charge in [0.1, 0.15) is 11.6 Å². The van der Waals surface area contributed by atoms with Gasteiger partial charge in [-0.1, -0.05) is 41.9 Å². The quantitative estimate of drug-likeness (QED) is 0.709. The summed E-state index contributed by atoms with van der Waals surface area (Å²) in [6.45, 7) is 4.18. The number of anilines is 2. The number of carbonyl (C=O) groups excluding carboxylic acids is 1. The van der Waals surface area contributed by atoms with Crippen LogP contribution >= 0.6 is 11.6 Å². The average molecular weight is 389 g/mol. The number of rotatable bonds is 7. The van der Waals surface area contributed by atoms with Crippen LogP contribution in [0.1, 0.15) is 31.2 Å². The largest absolute Gasteiger partial charge is 0.372 e. The number of ether oxygens (including phenoxy) is 1. The van der Waals surface area contributed by atoms with Crippen molar-refractivity contribution in [1.29, 1.82) is 0 Å². The van der Waals surface area contributed by atoms with E-state index in [9.17, 15) is 4.79 Å². The van der Waals surface area contributed by atoms with E-state index in [2.05, 4.69) is 51.1 Å². The van der Waals surface area contributed by atoms with Crippen molar-refractivity contribution in [1.82, 2.24) is 10.4 Å². The SMILES string of the molecule is CCOCC(=O)NNc1nccc(N2CCC(c3ccccc3)CC2)c1Cl. The van der Waals surface area contributed by atoms with Crippen molar-refractivity contribution >= 4 is 29.0 Å². The van der Waals surface area contributed by atoms with Crippen LogP contribution in [0.2, 0.25) is 5.02 Å². The summed E-state index contributed by atoms with van der Waals surface area (Å²) < 4.78 is 5.07. The molecule has 1 amide bonds. The minimum Gasteiger partial charge on any atom is -0.372 e. The van der Waals surface area contributed by atoms with Gasteiger partial charge in [0.05, 0.1) is 5.69 Å². The molecule has 0 radical (unpaired) electrons. The normalized spacial score (nSPS) is 14.8. The van der Waals surface area contributed by atoms with Gasteiger partial charge in [0, 0.05) is 25.9 Å². The van der Waals surface area contributed by atoms with Gasteiger partial charge in [-0.05, 0) is 37.3 Å². The monoisotopic (exact) mass is 388 g/mol. The summed E-state index contributed by atoms with van der Waals surface area (Å²) in [5.74, 6) is 0.742. The number of carbonyl (C=O) groups is 1. The summed E-state index contributed by atoms with van der Waals surface area (Å²) in [5, 5.41) is 0.507. The zero-order valence-corrected chi connectivity index (χ0v) is 16.2. The molecule has 1 aromatic carbocycles. The Bertz CT molecular complexity index is 749. The van der Waals surface area contributed by atoms with Crippen molar-refractivity contribution in [3.05, 3.63) is 53.2 Å². The maximum atomic E-state index is 11.7. The Morgan fingerprint density at radius 3 is 2.70 bits per heavy atom. The summed E-state index contributed by atoms with van der Waals surface area (Å²) in [6.07, 6.45) is 3.86. The molecular formula is C20H25ClN4O2. The van der Waals surface area contributed by atoms with Crippen LogP contribution < -0.4 is 15.8 Å². The first kappa shape index (κ1) is 19.5. The lowest BCUT2D eigenvalue weighted by Crippen LogP contribution is -2.34. The molecule has 144 valence electrons. The average Bonchev–Trinajstić information content (AvgIpc) is 2.72. The Balaban J connectivity index is 1.60. The van der Waals surface area contributed by atoms with Gasteiger partial charge in [-0.15, -0.1) is 0 Å². The van der Waals surface area contributed by atoms with Crippen LogP contribution in [0.3, 0.4) is 0 Å². The number of nitrogens with one attached hydrogen (secondary N) is 2. The molecule has 0 atom stereocenters. The molecule has 0 spiro atoms. The molecule has 0 aliphatic carbocycles. The summed E-state index contributed by atoms with van der Waals surface area (Å²) >= 11 is 6.53. The molecular weight excluding hydrogens is 364 g/mol. The van der Waals surface area contributed by atoms with E-state index >= 15 is 0 Å². The number of amides is 1. The number of hydrogen-bond acceptors (Lipinski definition) is 5. The molecule has 1 aromatic heterocycles. The van der Waals surface area contributed by atoms with Gasteiger partial charge in [0.25, 0.3) is 5.91 Å². The van der Waals surface area contributed by atoms with Crippen LogP contribution in [0, 0.1) is 0 Å². The highest BCUT2D eigenvalue weighted by atomic mass is 35.5. The second-order valence-corrected chi connectivity index (χ2v) is 6.85. The van der Waals surface area contributed by atoms with Gasteiger partial charge in [0.2, 0.25) is 0 Å². The summed E-state index contributed by atoms with van der Waals surface area (Å²) in [4.78, 5) is 18.2. The fraction of sp³-hybridized carbons (Fsp3) is 0.400. The van der Waals surface area contributed by atoms with Crippen molar-refractivity contribution in [3.8, 4) is 0 Å². The van der Waals surface area contributed by atoms with E-state index in [1.807, 2.05) is 13.0 Å². The Morgan fingerprint density at radius 1 is 1.26 bits per heavy atom. The highest BCUT2D eigenvalue weighted by Gasteiger charge is 2.23. The number of aromatic nitrogens is 1. The van der Waals surface area contributed by atoms with Crippen molar-refractivity contribution in [2.24, 2.45) is 0 Å². The van der Waals surface area contributed by atoms with Gasteiger partial charge in [-0.2, -0.15) is 0 Å². The Hall–Kier alpha value is -2.31. The maximum Gasteiger partial charge on any atom is 0.264 e. The molecule has 3 rings (SSSR count). The summed E-state index contributed by atoms with van der Waals surface area (Å²) in [7, 11) is 0. The third-order valence-corrected chi connectivity index (χ3v) is 5.11. The molecule has 1 aliphatic rings. The molecule has 0 saturated carbocycles. The van der Waals surface area contributed by atoms with E-state index in [1.54, 1.807) is 6.20 Å². The van der Waals surface area contributed by atoms with Gasteiger partial charge in [-0.25, -0.2) is 4.98 Å². The van der Waals surface area contributed by atoms with Crippen molar-refractivity contribution in [2.45, 2.75) is 25.7 Å². The number of hydrazine groups is 1. The zero-order chi connectivity index (χ0) is 19.1. The molecule has 6 nitrogen and oxygen atoms in total. The number of nitrogens with zero attached hydrogens (tertiary/aromatic N) is 2. The van der Waals surface area contributed by atoms with Gasteiger partial charge in [-0.3, -0.25) is 15.6 Å². The van der Waals surface area contributed by atoms with Crippen LogP contribution in [0.25, 0.3) is 0 Å². The van der Waals surface area contributed by atoms with Crippen LogP contribution in [-0.4, -0.2) is 37.2 Å². The molecule has 0 unspecified atom stereocenters. The molecule has 0 bridgehead atoms. The van der Waals surface area contributed by atoms with E-state index in [1.165, 1.54) is 5.56 Å². The van der Waals surface area contributed by atoms with Crippen molar-refractivity contribution in [3.63, 3.8) is 0 Å². The number of pyridine rings is 1. The summed E-state index contributed by atoms with van der Waals surface area (Å²) in [6, 6.07) is 12.6. The lowest BCUT2D eigenvalue weighted by Gasteiger charge is -2.34. The van der Waals surface area contributed by atoms with Crippen molar-refractivity contribution < 1.29 is 9.53 Å². The fourth-order valence-electron chi connectivity index (χ4n) is 3.30. The molecule has 2 heterocycles.